The van der Waals surface area contributed by atoms with Gasteiger partial charge in [0.2, 0.25) is 0 Å². The molecule has 4 nitrogen and oxygen atoms in total. The van der Waals surface area contributed by atoms with Gasteiger partial charge in [-0.05, 0) is 45.0 Å². The van der Waals surface area contributed by atoms with Gasteiger partial charge in [-0.1, -0.05) is 25.1 Å². The first kappa shape index (κ1) is 21.6. The number of guanidine groups is 1. The van der Waals surface area contributed by atoms with Gasteiger partial charge in [0.25, 0.3) is 0 Å². The molecule has 0 radical (unpaired) electrons. The predicted octanol–water partition coefficient (Wildman–Crippen LogP) is 3.29. The minimum Gasteiger partial charge on any atom is -0.355 e. The highest BCUT2D eigenvalue weighted by Crippen LogP contribution is 2.34. The summed E-state index contributed by atoms with van der Waals surface area (Å²) in [6.45, 7) is 4.09. The van der Waals surface area contributed by atoms with E-state index >= 15 is 0 Å². The first-order valence-electron chi connectivity index (χ1n) is 8.42. The van der Waals surface area contributed by atoms with E-state index in [0.29, 0.717) is 11.3 Å². The smallest absolute Gasteiger partial charge is 0.191 e. The zero-order valence-corrected chi connectivity index (χ0v) is 18.3. The molecule has 1 fully saturated rings. The number of nitrogens with zero attached hydrogens (tertiary/aromatic N) is 2. The predicted molar refractivity (Wildman–Crippen MR) is 117 cm³/mol. The van der Waals surface area contributed by atoms with Crippen LogP contribution in [-0.4, -0.2) is 56.4 Å². The van der Waals surface area contributed by atoms with Gasteiger partial charge in [0.15, 0.2) is 5.96 Å². The molecule has 2 N–H and O–H groups in total. The Morgan fingerprint density at radius 1 is 1.21 bits per heavy atom. The van der Waals surface area contributed by atoms with Crippen molar-refractivity contribution in [3.63, 3.8) is 0 Å². The van der Waals surface area contributed by atoms with Crippen LogP contribution in [0.4, 0.5) is 0 Å². The summed E-state index contributed by atoms with van der Waals surface area (Å²) in [5.41, 5.74) is 0. The number of rotatable bonds is 8. The molecule has 1 aliphatic rings. The summed E-state index contributed by atoms with van der Waals surface area (Å²) < 4.78 is 0. The van der Waals surface area contributed by atoms with E-state index in [4.69, 9.17) is 0 Å². The molecule has 0 saturated heterocycles. The number of aliphatic imine (C=N–C) groups is 1. The topological polar surface area (TPSA) is 39.7 Å². The molecular weight excluding hydrogens is 431 g/mol. The van der Waals surface area contributed by atoms with Gasteiger partial charge >= 0.3 is 0 Å². The van der Waals surface area contributed by atoms with Crippen LogP contribution in [-0.2, 0) is 0 Å². The number of hydrogen-bond acceptors (Lipinski definition) is 3. The average molecular weight is 462 g/mol. The first-order chi connectivity index (χ1) is 11.1. The Labute approximate surface area is 168 Å². The number of thioether (sulfide) groups is 1. The third kappa shape index (κ3) is 7.61. The Balaban J connectivity index is 0.00000288. The minimum atomic E-state index is 0. The van der Waals surface area contributed by atoms with Crippen LogP contribution in [0.5, 0.6) is 0 Å². The molecule has 2 rings (SSSR count). The summed E-state index contributed by atoms with van der Waals surface area (Å²) in [7, 11) is 6.17. The normalized spacial score (nSPS) is 17.1. The van der Waals surface area contributed by atoms with Crippen molar-refractivity contribution >= 4 is 41.7 Å². The molecule has 24 heavy (non-hydrogen) atoms. The van der Waals surface area contributed by atoms with Gasteiger partial charge in [-0.3, -0.25) is 4.99 Å². The second-order valence-electron chi connectivity index (χ2n) is 6.44. The lowest BCUT2D eigenvalue weighted by atomic mass is 10.1. The molecule has 0 aromatic heterocycles. The summed E-state index contributed by atoms with van der Waals surface area (Å²) in [6, 6.07) is 11.1. The Bertz CT molecular complexity index is 489. The van der Waals surface area contributed by atoms with Gasteiger partial charge < -0.3 is 15.5 Å². The van der Waals surface area contributed by atoms with Crippen molar-refractivity contribution in [3.05, 3.63) is 30.3 Å². The number of halogens is 1. The average Bonchev–Trinajstić information content (AvgIpc) is 3.36. The summed E-state index contributed by atoms with van der Waals surface area (Å²) in [4.78, 5) is 7.98. The quantitative estimate of drug-likeness (QED) is 0.269. The van der Waals surface area contributed by atoms with Crippen LogP contribution < -0.4 is 10.6 Å². The van der Waals surface area contributed by atoms with Gasteiger partial charge in [-0.25, -0.2) is 0 Å². The first-order valence-corrected chi connectivity index (χ1v) is 9.30. The molecule has 6 heteroatoms. The second-order valence-corrected chi connectivity index (χ2v) is 7.96. The summed E-state index contributed by atoms with van der Waals surface area (Å²) in [5, 5.41) is 7.41. The van der Waals surface area contributed by atoms with Crippen molar-refractivity contribution in [3.8, 4) is 0 Å². The van der Waals surface area contributed by atoms with Crippen molar-refractivity contribution in [2.45, 2.75) is 36.0 Å². The van der Waals surface area contributed by atoms with E-state index in [-0.39, 0.29) is 24.0 Å². The number of hydrogen-bond donors (Lipinski definition) is 2. The van der Waals surface area contributed by atoms with Crippen molar-refractivity contribution in [1.82, 2.24) is 15.5 Å². The highest BCUT2D eigenvalue weighted by Gasteiger charge is 2.32. The van der Waals surface area contributed by atoms with Crippen LogP contribution in [0.15, 0.2) is 40.2 Å². The minimum absolute atomic E-state index is 0. The maximum atomic E-state index is 4.34. The largest absolute Gasteiger partial charge is 0.355 e. The zero-order valence-electron chi connectivity index (χ0n) is 15.2. The molecule has 0 heterocycles. The molecule has 0 spiro atoms. The number of nitrogens with one attached hydrogen (secondary N) is 2. The molecule has 1 aliphatic carbocycles. The lowest BCUT2D eigenvalue weighted by Gasteiger charge is -2.25. The van der Waals surface area contributed by atoms with Crippen LogP contribution >= 0.6 is 35.7 Å². The van der Waals surface area contributed by atoms with Gasteiger partial charge in [-0.2, -0.15) is 0 Å². The van der Waals surface area contributed by atoms with Crippen molar-refractivity contribution < 1.29 is 0 Å². The van der Waals surface area contributed by atoms with Crippen molar-refractivity contribution in [2.24, 2.45) is 10.9 Å². The monoisotopic (exact) mass is 462 g/mol. The fourth-order valence-corrected chi connectivity index (χ4v) is 3.63. The molecule has 1 aromatic rings. The molecular formula is C18H31IN4S. The standard InChI is InChI=1S/C18H30N4S.HI/c1-14(23-16-8-6-5-7-9-16)12-20-18(19-2)21-13-17(22(3)4)15-10-11-15;/h5-9,14-15,17H,10-13H2,1-4H3,(H2,19,20,21);1H. The van der Waals surface area contributed by atoms with Crippen LogP contribution in [0.1, 0.15) is 19.8 Å². The van der Waals surface area contributed by atoms with E-state index in [1.807, 2.05) is 18.8 Å². The molecule has 1 saturated carbocycles. The van der Waals surface area contributed by atoms with Gasteiger partial charge in [0.1, 0.15) is 0 Å². The van der Waals surface area contributed by atoms with Crippen LogP contribution in [0.3, 0.4) is 0 Å². The second kappa shape index (κ2) is 11.2. The highest BCUT2D eigenvalue weighted by atomic mass is 127. The molecule has 136 valence electrons. The Morgan fingerprint density at radius 3 is 2.38 bits per heavy atom. The molecule has 2 unspecified atom stereocenters. The summed E-state index contributed by atoms with van der Waals surface area (Å²) in [5.74, 6) is 1.75. The lowest BCUT2D eigenvalue weighted by molar-refractivity contribution is 0.264. The fraction of sp³-hybridized carbons (Fsp3) is 0.611. The van der Waals surface area contributed by atoms with E-state index in [0.717, 1.165) is 25.0 Å². The van der Waals surface area contributed by atoms with Crippen molar-refractivity contribution in [2.75, 3.05) is 34.2 Å². The van der Waals surface area contributed by atoms with Crippen LogP contribution in [0.2, 0.25) is 0 Å². The van der Waals surface area contributed by atoms with Crippen LogP contribution in [0, 0.1) is 5.92 Å². The molecule has 2 atom stereocenters. The maximum Gasteiger partial charge on any atom is 0.191 e. The van der Waals surface area contributed by atoms with Gasteiger partial charge in [0, 0.05) is 36.3 Å². The van der Waals surface area contributed by atoms with Gasteiger partial charge in [0.05, 0.1) is 0 Å². The SMILES string of the molecule is CN=C(NCC(C)Sc1ccccc1)NCC(C1CC1)N(C)C.I. The Kier molecular flexibility index (Phi) is 10.1. The summed E-state index contributed by atoms with van der Waals surface area (Å²) in [6.07, 6.45) is 2.72. The van der Waals surface area contributed by atoms with Crippen molar-refractivity contribution in [1.29, 1.82) is 0 Å². The van der Waals surface area contributed by atoms with E-state index < -0.39 is 0 Å². The van der Waals surface area contributed by atoms with E-state index in [9.17, 15) is 0 Å². The molecule has 0 amide bonds. The van der Waals surface area contributed by atoms with Gasteiger partial charge in [-0.15, -0.1) is 35.7 Å². The third-order valence-electron chi connectivity index (χ3n) is 4.17. The number of benzene rings is 1. The fourth-order valence-electron chi connectivity index (χ4n) is 2.69. The van der Waals surface area contributed by atoms with E-state index in [1.165, 1.54) is 17.7 Å². The molecule has 0 bridgehead atoms. The molecule has 1 aromatic carbocycles. The summed E-state index contributed by atoms with van der Waals surface area (Å²) >= 11 is 1.89. The molecule has 0 aliphatic heterocycles. The lowest BCUT2D eigenvalue weighted by Crippen LogP contribution is -2.47. The maximum absolute atomic E-state index is 4.34. The van der Waals surface area contributed by atoms with Crippen LogP contribution in [0.25, 0.3) is 0 Å². The zero-order chi connectivity index (χ0) is 16.7. The van der Waals surface area contributed by atoms with E-state index in [1.54, 1.807) is 0 Å². The van der Waals surface area contributed by atoms with E-state index in [2.05, 4.69) is 71.9 Å². The third-order valence-corrected chi connectivity index (χ3v) is 5.28. The highest BCUT2D eigenvalue weighted by molar-refractivity contribution is 14.0. The number of likely N-dealkylation sites (N-methyl/N-ethyl adjacent to an activating group) is 1. The Hall–Kier alpha value is -0.470. The Morgan fingerprint density at radius 2 is 1.83 bits per heavy atom.